The molecule has 10 fully saturated rings. The molecule has 0 radical (unpaired) electrons. The first-order chi connectivity index (χ1) is 10.3. The van der Waals surface area contributed by atoms with Gasteiger partial charge in [-0.1, -0.05) is 5.18 Å². The minimum Gasteiger partial charge on any atom is -0.150 e. The second kappa shape index (κ2) is 2.12. The van der Waals surface area contributed by atoms with Gasteiger partial charge in [0, 0.05) is 0 Å². The van der Waals surface area contributed by atoms with Gasteiger partial charge in [-0.15, -0.1) is 0 Å². The molecule has 2 spiro atoms. The van der Waals surface area contributed by atoms with E-state index in [-0.39, 0.29) is 5.54 Å². The average Bonchev–Trinajstić information content (AvgIpc) is 3.30. The molecule has 0 saturated heterocycles. The maximum atomic E-state index is 11.6. The van der Waals surface area contributed by atoms with Crippen molar-refractivity contribution in [3.8, 4) is 0 Å². The maximum Gasteiger partial charge on any atom is 0.107 e. The van der Waals surface area contributed by atoms with Crippen LogP contribution in [0.2, 0.25) is 0 Å². The molecule has 10 rings (SSSR count). The van der Waals surface area contributed by atoms with Crippen LogP contribution in [0.15, 0.2) is 5.18 Å². The third kappa shape index (κ3) is 0.544. The largest absolute Gasteiger partial charge is 0.150 e. The third-order valence-corrected chi connectivity index (χ3v) is 11.8. The van der Waals surface area contributed by atoms with E-state index in [1.54, 1.807) is 12.8 Å². The average molecular weight is 279 g/mol. The van der Waals surface area contributed by atoms with Crippen LogP contribution in [-0.2, 0) is 0 Å². The number of nitroso groups, excluding NO2 is 1. The quantitative estimate of drug-likeness (QED) is 0.677. The van der Waals surface area contributed by atoms with Crippen LogP contribution in [0.3, 0.4) is 0 Å². The van der Waals surface area contributed by atoms with E-state index in [0.717, 1.165) is 58.7 Å². The summed E-state index contributed by atoms with van der Waals surface area (Å²) in [5, 5.41) is 3.73. The Morgan fingerprint density at radius 3 is 2.71 bits per heavy atom. The van der Waals surface area contributed by atoms with Crippen LogP contribution in [0.4, 0.5) is 0 Å². The summed E-state index contributed by atoms with van der Waals surface area (Å²) >= 11 is 0. The molecule has 2 heteroatoms. The van der Waals surface area contributed by atoms with E-state index in [1.165, 1.54) is 31.1 Å². The zero-order chi connectivity index (χ0) is 13.1. The van der Waals surface area contributed by atoms with Gasteiger partial charge in [-0.25, -0.2) is 0 Å². The summed E-state index contributed by atoms with van der Waals surface area (Å²) in [5.74, 6) is 12.0. The molecule has 7 bridgehead atoms. The Hall–Kier alpha value is -0.400. The van der Waals surface area contributed by atoms with Gasteiger partial charge in [0.25, 0.3) is 0 Å². The van der Waals surface area contributed by atoms with Crippen molar-refractivity contribution in [1.29, 1.82) is 0 Å². The van der Waals surface area contributed by atoms with Crippen molar-refractivity contribution in [1.82, 2.24) is 0 Å². The molecule has 14 atom stereocenters. The molecular weight excluding hydrogens is 258 g/mol. The summed E-state index contributed by atoms with van der Waals surface area (Å²) in [7, 11) is 0. The van der Waals surface area contributed by atoms with Crippen LogP contribution in [0.25, 0.3) is 0 Å². The molecule has 0 heterocycles. The van der Waals surface area contributed by atoms with Gasteiger partial charge in [-0.05, 0) is 108 Å². The topological polar surface area (TPSA) is 29.4 Å². The summed E-state index contributed by atoms with van der Waals surface area (Å²) in [6.07, 6.45) is 7.22. The van der Waals surface area contributed by atoms with E-state index in [1.807, 2.05) is 0 Å². The first-order valence-corrected chi connectivity index (χ1v) is 9.63. The zero-order valence-corrected chi connectivity index (χ0v) is 12.2. The van der Waals surface area contributed by atoms with E-state index >= 15 is 0 Å². The van der Waals surface area contributed by atoms with E-state index in [2.05, 4.69) is 5.18 Å². The second-order valence-corrected chi connectivity index (χ2v) is 11.0. The molecule has 21 heavy (non-hydrogen) atoms. The Morgan fingerprint density at radius 2 is 1.81 bits per heavy atom. The monoisotopic (exact) mass is 279 g/mol. The number of hydrogen-bond donors (Lipinski definition) is 0. The normalized spacial score (nSPS) is 90.2. The molecule has 0 aromatic rings. The van der Waals surface area contributed by atoms with Gasteiger partial charge in [0.2, 0.25) is 0 Å². The fraction of sp³-hybridized carbons (Fsp3) is 1.00. The predicted molar refractivity (Wildman–Crippen MR) is 74.9 cm³/mol. The molecule has 10 aliphatic rings. The van der Waals surface area contributed by atoms with Gasteiger partial charge >= 0.3 is 0 Å². The van der Waals surface area contributed by atoms with Crippen molar-refractivity contribution in [2.24, 2.45) is 81.1 Å². The first-order valence-electron chi connectivity index (χ1n) is 9.63. The fourth-order valence-corrected chi connectivity index (χ4v) is 12.3. The Balaban J connectivity index is 1.36. The molecule has 0 N–H and O–H groups in total. The van der Waals surface area contributed by atoms with Crippen molar-refractivity contribution in [2.75, 3.05) is 0 Å². The summed E-state index contributed by atoms with van der Waals surface area (Å²) < 4.78 is 0. The second-order valence-electron chi connectivity index (χ2n) is 11.0. The SMILES string of the molecule is O=NC12CC1C1CC3(C2)C1C1C2CC4CC5C6C4C1C2C563. The summed E-state index contributed by atoms with van der Waals surface area (Å²) in [6.45, 7) is 0. The van der Waals surface area contributed by atoms with Gasteiger partial charge in [0.15, 0.2) is 0 Å². The number of hydrogen-bond acceptors (Lipinski definition) is 2. The Bertz CT molecular complexity index is 704. The highest BCUT2D eigenvalue weighted by Gasteiger charge is 3.01. The molecule has 10 saturated carbocycles. The minimum atomic E-state index is -0.0363. The van der Waals surface area contributed by atoms with Crippen molar-refractivity contribution in [3.05, 3.63) is 4.91 Å². The van der Waals surface area contributed by atoms with E-state index < -0.39 is 0 Å². The van der Waals surface area contributed by atoms with Crippen LogP contribution in [-0.4, -0.2) is 5.54 Å². The molecule has 0 aromatic heterocycles. The predicted octanol–water partition coefficient (Wildman–Crippen LogP) is 3.32. The number of nitrogens with zero attached hydrogens (tertiary/aromatic N) is 1. The van der Waals surface area contributed by atoms with E-state index in [4.69, 9.17) is 0 Å². The van der Waals surface area contributed by atoms with Crippen LogP contribution >= 0.6 is 0 Å². The van der Waals surface area contributed by atoms with Crippen LogP contribution in [0.5, 0.6) is 0 Å². The lowest BCUT2D eigenvalue weighted by molar-refractivity contribution is -0.322. The lowest BCUT2D eigenvalue weighted by Crippen LogP contribution is -2.76. The molecule has 108 valence electrons. The first kappa shape index (κ1) is 9.67. The highest BCUT2D eigenvalue weighted by atomic mass is 16.3. The molecule has 0 amide bonds. The summed E-state index contributed by atoms with van der Waals surface area (Å²) in [6, 6.07) is 0. The van der Waals surface area contributed by atoms with E-state index in [9.17, 15) is 4.91 Å². The highest BCUT2D eigenvalue weighted by molar-refractivity contribution is 5.48. The summed E-state index contributed by atoms with van der Waals surface area (Å²) in [4.78, 5) is 11.6. The Kier molecular flexibility index (Phi) is 0.975. The molecule has 14 unspecified atom stereocenters. The lowest BCUT2D eigenvalue weighted by Gasteiger charge is -2.79. The molecular formula is C19H21NO. The van der Waals surface area contributed by atoms with Gasteiger partial charge in [0.05, 0.1) is 0 Å². The van der Waals surface area contributed by atoms with E-state index in [0.29, 0.717) is 5.41 Å². The fourth-order valence-electron chi connectivity index (χ4n) is 12.3. The van der Waals surface area contributed by atoms with Gasteiger partial charge < -0.3 is 0 Å². The summed E-state index contributed by atoms with van der Waals surface area (Å²) in [5.41, 5.74) is 1.41. The van der Waals surface area contributed by atoms with Crippen molar-refractivity contribution >= 4 is 0 Å². The van der Waals surface area contributed by atoms with Gasteiger partial charge in [0.1, 0.15) is 5.54 Å². The lowest BCUT2D eigenvalue weighted by atomic mass is 9.25. The van der Waals surface area contributed by atoms with Gasteiger partial charge in [-0.2, -0.15) is 4.91 Å². The molecule has 0 aliphatic heterocycles. The molecule has 0 aromatic carbocycles. The smallest absolute Gasteiger partial charge is 0.107 e. The maximum absolute atomic E-state index is 11.6. The van der Waals surface area contributed by atoms with Crippen molar-refractivity contribution in [3.63, 3.8) is 0 Å². The molecule has 10 aliphatic carbocycles. The van der Waals surface area contributed by atoms with Crippen LogP contribution < -0.4 is 0 Å². The standard InChI is InChI=1S/C19H21NO/c21-20-18-4-10(18)8-3-17(5-18)14(8)12-7-1-6-2-9-16-11(6)13(12)15(7)19(9,16)17/h6-16H,1-5H2. The number of fused-ring (bicyclic) bond motifs is 3. The van der Waals surface area contributed by atoms with Crippen LogP contribution in [0.1, 0.15) is 32.1 Å². The third-order valence-electron chi connectivity index (χ3n) is 11.8. The molecule has 2 nitrogen and oxygen atoms in total. The minimum absolute atomic E-state index is 0.0363. The Labute approximate surface area is 124 Å². The van der Waals surface area contributed by atoms with Crippen molar-refractivity contribution < 1.29 is 0 Å². The van der Waals surface area contributed by atoms with Crippen molar-refractivity contribution in [2.45, 2.75) is 37.6 Å². The highest BCUT2D eigenvalue weighted by Crippen LogP contribution is 3.04. The van der Waals surface area contributed by atoms with Crippen LogP contribution in [0, 0.1) is 80.8 Å². The van der Waals surface area contributed by atoms with Gasteiger partial charge in [-0.3, -0.25) is 0 Å². The Morgan fingerprint density at radius 1 is 0.857 bits per heavy atom. The number of rotatable bonds is 1. The zero-order valence-electron chi connectivity index (χ0n) is 12.2.